The minimum absolute atomic E-state index is 0.295. The molecule has 2 heterocycles. The Morgan fingerprint density at radius 1 is 1.35 bits per heavy atom. The molecule has 1 aromatic rings. The maximum atomic E-state index is 4.33. The van der Waals surface area contributed by atoms with Gasteiger partial charge in [0.1, 0.15) is 0 Å². The van der Waals surface area contributed by atoms with Crippen LogP contribution in [0.3, 0.4) is 0 Å². The highest BCUT2D eigenvalue weighted by atomic mass is 15.2. The van der Waals surface area contributed by atoms with Gasteiger partial charge in [-0.05, 0) is 29.9 Å². The van der Waals surface area contributed by atoms with Crippen molar-refractivity contribution in [2.45, 2.75) is 59.7 Å². The van der Waals surface area contributed by atoms with E-state index in [1.165, 1.54) is 17.5 Å². The fraction of sp³-hybridized carbons (Fsp3) is 0.706. The Labute approximate surface area is 123 Å². The van der Waals surface area contributed by atoms with Crippen LogP contribution in [0.2, 0.25) is 0 Å². The molecule has 112 valence electrons. The summed E-state index contributed by atoms with van der Waals surface area (Å²) in [5.74, 6) is 0. The molecule has 1 N–H and O–H groups in total. The fourth-order valence-corrected chi connectivity index (χ4v) is 3.12. The van der Waals surface area contributed by atoms with E-state index in [9.17, 15) is 0 Å². The Bertz CT molecular complexity index is 436. The Balaban J connectivity index is 2.14. The first kappa shape index (κ1) is 15.5. The average Bonchev–Trinajstić information content (AvgIpc) is 2.37. The molecular weight excluding hydrogens is 246 g/mol. The third-order valence-electron chi connectivity index (χ3n) is 4.31. The second-order valence-electron chi connectivity index (χ2n) is 7.20. The zero-order valence-electron chi connectivity index (χ0n) is 13.6. The number of hydrogen-bond acceptors (Lipinski definition) is 3. The third-order valence-corrected chi connectivity index (χ3v) is 4.31. The minimum atomic E-state index is 0.295. The normalized spacial score (nSPS) is 24.9. The molecule has 20 heavy (non-hydrogen) atoms. The summed E-state index contributed by atoms with van der Waals surface area (Å²) < 4.78 is 0. The minimum Gasteiger partial charge on any atom is -0.311 e. The molecule has 3 heteroatoms. The molecule has 1 saturated heterocycles. The summed E-state index contributed by atoms with van der Waals surface area (Å²) in [5.41, 5.74) is 2.87. The van der Waals surface area contributed by atoms with Crippen LogP contribution >= 0.6 is 0 Å². The van der Waals surface area contributed by atoms with Gasteiger partial charge in [-0.1, -0.05) is 33.8 Å². The molecule has 0 bridgehead atoms. The maximum Gasteiger partial charge on any atom is 0.0313 e. The lowest BCUT2D eigenvalue weighted by molar-refractivity contribution is 0.0484. The SMILES string of the molecule is CCC1CN(Cc2cncc(C)c2)C(C(C)(C)C)CN1. The molecule has 0 saturated carbocycles. The number of nitrogens with one attached hydrogen (secondary N) is 1. The second-order valence-corrected chi connectivity index (χ2v) is 7.20. The summed E-state index contributed by atoms with van der Waals surface area (Å²) in [6, 6.07) is 3.45. The molecule has 1 fully saturated rings. The van der Waals surface area contributed by atoms with Crippen LogP contribution < -0.4 is 5.32 Å². The van der Waals surface area contributed by atoms with E-state index in [1.54, 1.807) is 0 Å². The number of aryl methyl sites for hydroxylation is 1. The van der Waals surface area contributed by atoms with Crippen molar-refractivity contribution in [3.63, 3.8) is 0 Å². The van der Waals surface area contributed by atoms with Crippen LogP contribution in [0.25, 0.3) is 0 Å². The number of piperazine rings is 1. The van der Waals surface area contributed by atoms with Crippen molar-refractivity contribution < 1.29 is 0 Å². The van der Waals surface area contributed by atoms with Gasteiger partial charge >= 0.3 is 0 Å². The van der Waals surface area contributed by atoms with Crippen molar-refractivity contribution >= 4 is 0 Å². The van der Waals surface area contributed by atoms with E-state index in [-0.39, 0.29) is 0 Å². The van der Waals surface area contributed by atoms with E-state index < -0.39 is 0 Å². The van der Waals surface area contributed by atoms with Gasteiger partial charge in [-0.25, -0.2) is 0 Å². The van der Waals surface area contributed by atoms with Crippen molar-refractivity contribution in [1.29, 1.82) is 0 Å². The van der Waals surface area contributed by atoms with Crippen molar-refractivity contribution in [2.24, 2.45) is 5.41 Å². The Kier molecular flexibility index (Phi) is 4.82. The summed E-state index contributed by atoms with van der Waals surface area (Å²) in [4.78, 5) is 6.97. The predicted molar refractivity (Wildman–Crippen MR) is 84.7 cm³/mol. The van der Waals surface area contributed by atoms with E-state index in [4.69, 9.17) is 0 Å². The molecule has 0 aliphatic carbocycles. The van der Waals surface area contributed by atoms with E-state index >= 15 is 0 Å². The van der Waals surface area contributed by atoms with Crippen LogP contribution in [0.1, 0.15) is 45.2 Å². The smallest absolute Gasteiger partial charge is 0.0313 e. The van der Waals surface area contributed by atoms with Crippen LogP contribution in [-0.4, -0.2) is 35.1 Å². The highest BCUT2D eigenvalue weighted by Gasteiger charge is 2.34. The lowest BCUT2D eigenvalue weighted by atomic mass is 9.83. The third kappa shape index (κ3) is 3.80. The van der Waals surface area contributed by atoms with E-state index in [1.807, 2.05) is 12.4 Å². The number of hydrogen-bond donors (Lipinski definition) is 1. The zero-order valence-corrected chi connectivity index (χ0v) is 13.6. The Morgan fingerprint density at radius 3 is 2.70 bits per heavy atom. The van der Waals surface area contributed by atoms with E-state index in [2.05, 4.69) is 55.9 Å². The first-order valence-corrected chi connectivity index (χ1v) is 7.78. The standard InChI is InChI=1S/C17H29N3/c1-6-15-12-20(16(10-19-15)17(3,4)5)11-14-7-13(2)8-18-9-14/h7-9,15-16,19H,6,10-12H2,1-5H3. The van der Waals surface area contributed by atoms with Crippen LogP contribution in [0.4, 0.5) is 0 Å². The van der Waals surface area contributed by atoms with Crippen LogP contribution in [0.5, 0.6) is 0 Å². The zero-order chi connectivity index (χ0) is 14.8. The number of rotatable bonds is 3. The average molecular weight is 275 g/mol. The van der Waals surface area contributed by atoms with Gasteiger partial charge in [0.15, 0.2) is 0 Å². The van der Waals surface area contributed by atoms with Gasteiger partial charge in [0, 0.05) is 44.1 Å². The molecule has 1 aliphatic heterocycles. The van der Waals surface area contributed by atoms with Crippen LogP contribution in [0, 0.1) is 12.3 Å². The van der Waals surface area contributed by atoms with Gasteiger partial charge < -0.3 is 5.32 Å². The maximum absolute atomic E-state index is 4.33. The quantitative estimate of drug-likeness (QED) is 0.919. The molecular formula is C17H29N3. The molecule has 2 atom stereocenters. The van der Waals surface area contributed by atoms with Crippen molar-refractivity contribution in [1.82, 2.24) is 15.2 Å². The second kappa shape index (κ2) is 6.23. The molecule has 0 spiro atoms. The van der Waals surface area contributed by atoms with Gasteiger partial charge in [0.25, 0.3) is 0 Å². The fourth-order valence-electron chi connectivity index (χ4n) is 3.12. The first-order valence-electron chi connectivity index (χ1n) is 7.78. The molecule has 2 rings (SSSR count). The summed E-state index contributed by atoms with van der Waals surface area (Å²) >= 11 is 0. The summed E-state index contributed by atoms with van der Waals surface area (Å²) in [7, 11) is 0. The molecule has 0 amide bonds. The van der Waals surface area contributed by atoms with Crippen molar-refractivity contribution in [3.8, 4) is 0 Å². The molecule has 1 aromatic heterocycles. The highest BCUT2D eigenvalue weighted by Crippen LogP contribution is 2.28. The van der Waals surface area contributed by atoms with Gasteiger partial charge in [0.05, 0.1) is 0 Å². The Morgan fingerprint density at radius 2 is 2.10 bits per heavy atom. The first-order chi connectivity index (χ1) is 9.40. The summed E-state index contributed by atoms with van der Waals surface area (Å²) in [6.07, 6.45) is 5.13. The highest BCUT2D eigenvalue weighted by molar-refractivity contribution is 5.17. The predicted octanol–water partition coefficient (Wildman–Crippen LogP) is 2.99. The summed E-state index contributed by atoms with van der Waals surface area (Å²) in [5, 5.41) is 3.70. The molecule has 1 aliphatic rings. The van der Waals surface area contributed by atoms with Crippen molar-refractivity contribution in [2.75, 3.05) is 13.1 Å². The lowest BCUT2D eigenvalue weighted by Crippen LogP contribution is -2.59. The van der Waals surface area contributed by atoms with Gasteiger partial charge in [-0.3, -0.25) is 9.88 Å². The van der Waals surface area contributed by atoms with Crippen LogP contribution in [-0.2, 0) is 6.54 Å². The lowest BCUT2D eigenvalue weighted by Gasteiger charge is -2.46. The monoisotopic (exact) mass is 275 g/mol. The van der Waals surface area contributed by atoms with Gasteiger partial charge in [0.2, 0.25) is 0 Å². The van der Waals surface area contributed by atoms with E-state index in [0.717, 1.165) is 19.6 Å². The van der Waals surface area contributed by atoms with Crippen LogP contribution in [0.15, 0.2) is 18.5 Å². The Hall–Kier alpha value is -0.930. The number of aromatic nitrogens is 1. The van der Waals surface area contributed by atoms with Gasteiger partial charge in [-0.15, -0.1) is 0 Å². The van der Waals surface area contributed by atoms with Gasteiger partial charge in [-0.2, -0.15) is 0 Å². The van der Waals surface area contributed by atoms with E-state index in [0.29, 0.717) is 17.5 Å². The summed E-state index contributed by atoms with van der Waals surface area (Å²) in [6.45, 7) is 14.6. The molecule has 2 unspecified atom stereocenters. The number of nitrogens with zero attached hydrogens (tertiary/aromatic N) is 2. The number of pyridine rings is 1. The van der Waals surface area contributed by atoms with Crippen molar-refractivity contribution in [3.05, 3.63) is 29.6 Å². The topological polar surface area (TPSA) is 28.2 Å². The largest absolute Gasteiger partial charge is 0.311 e. The molecule has 0 radical (unpaired) electrons. The molecule has 3 nitrogen and oxygen atoms in total. The molecule has 0 aromatic carbocycles.